The highest BCUT2D eigenvalue weighted by Crippen LogP contribution is 2.25. The van der Waals surface area contributed by atoms with Crippen LogP contribution in [0.3, 0.4) is 0 Å². The molecule has 0 radical (unpaired) electrons. The molecule has 25 heavy (non-hydrogen) atoms. The molecule has 3 rings (SSSR count). The number of amides is 1. The molecule has 1 amide bonds. The Morgan fingerprint density at radius 1 is 1.28 bits per heavy atom. The summed E-state index contributed by atoms with van der Waals surface area (Å²) < 4.78 is 5.13. The molecular weight excluding hydrogens is 338 g/mol. The van der Waals surface area contributed by atoms with E-state index in [2.05, 4.69) is 11.1 Å². The number of aromatic nitrogens is 1. The van der Waals surface area contributed by atoms with Crippen LogP contribution in [-0.2, 0) is 4.74 Å². The van der Waals surface area contributed by atoms with Gasteiger partial charge in [-0.2, -0.15) is 5.26 Å². The Hall–Kier alpha value is -2.81. The SMILES string of the molecule is COCCN(C(=O)c1cc2cccc(Cl)c2[nH]1)c1ccc(C#N)cc1. The van der Waals surface area contributed by atoms with Crippen LogP contribution in [0.1, 0.15) is 16.1 Å². The summed E-state index contributed by atoms with van der Waals surface area (Å²) in [6.45, 7) is 0.789. The summed E-state index contributed by atoms with van der Waals surface area (Å²) in [4.78, 5) is 17.7. The van der Waals surface area contributed by atoms with E-state index in [9.17, 15) is 4.79 Å². The quantitative estimate of drug-likeness (QED) is 0.754. The van der Waals surface area contributed by atoms with Crippen molar-refractivity contribution in [3.63, 3.8) is 0 Å². The Balaban J connectivity index is 1.97. The van der Waals surface area contributed by atoms with Crippen LogP contribution in [0.5, 0.6) is 0 Å². The summed E-state index contributed by atoms with van der Waals surface area (Å²) in [6, 6.07) is 16.2. The van der Waals surface area contributed by atoms with Gasteiger partial charge in [-0.05, 0) is 36.4 Å². The lowest BCUT2D eigenvalue weighted by Crippen LogP contribution is -2.34. The van der Waals surface area contributed by atoms with Crippen LogP contribution in [0.15, 0.2) is 48.5 Å². The van der Waals surface area contributed by atoms with Crippen molar-refractivity contribution in [2.45, 2.75) is 0 Å². The highest BCUT2D eigenvalue weighted by Gasteiger charge is 2.20. The van der Waals surface area contributed by atoms with Crippen LogP contribution in [0.25, 0.3) is 10.9 Å². The average Bonchev–Trinajstić information content (AvgIpc) is 3.08. The summed E-state index contributed by atoms with van der Waals surface area (Å²) in [5, 5.41) is 10.4. The number of hydrogen-bond donors (Lipinski definition) is 1. The van der Waals surface area contributed by atoms with Crippen molar-refractivity contribution in [2.24, 2.45) is 0 Å². The molecule has 0 bridgehead atoms. The number of carbonyl (C=O) groups excluding carboxylic acids is 1. The van der Waals surface area contributed by atoms with Crippen molar-refractivity contribution in [3.8, 4) is 6.07 Å². The normalized spacial score (nSPS) is 10.6. The zero-order valence-corrected chi connectivity index (χ0v) is 14.4. The lowest BCUT2D eigenvalue weighted by Gasteiger charge is -2.22. The first-order valence-corrected chi connectivity index (χ1v) is 8.10. The van der Waals surface area contributed by atoms with Crippen LogP contribution < -0.4 is 4.90 Å². The maximum Gasteiger partial charge on any atom is 0.274 e. The van der Waals surface area contributed by atoms with Crippen molar-refractivity contribution in [1.29, 1.82) is 5.26 Å². The topological polar surface area (TPSA) is 69.1 Å². The molecule has 5 nitrogen and oxygen atoms in total. The minimum atomic E-state index is -0.186. The molecular formula is C19H16ClN3O2. The number of hydrogen-bond acceptors (Lipinski definition) is 3. The number of nitrogens with one attached hydrogen (secondary N) is 1. The molecule has 0 atom stereocenters. The lowest BCUT2D eigenvalue weighted by molar-refractivity contribution is 0.0972. The third-order valence-corrected chi connectivity index (χ3v) is 4.22. The van der Waals surface area contributed by atoms with E-state index in [-0.39, 0.29) is 5.91 Å². The average molecular weight is 354 g/mol. The number of para-hydroxylation sites is 1. The summed E-state index contributed by atoms with van der Waals surface area (Å²) in [7, 11) is 1.59. The number of benzene rings is 2. The van der Waals surface area contributed by atoms with Gasteiger partial charge in [0.1, 0.15) is 5.69 Å². The molecule has 6 heteroatoms. The molecule has 0 unspecified atom stereocenters. The fraction of sp³-hybridized carbons (Fsp3) is 0.158. The highest BCUT2D eigenvalue weighted by atomic mass is 35.5. The van der Waals surface area contributed by atoms with Gasteiger partial charge in [0.15, 0.2) is 0 Å². The number of anilines is 1. The van der Waals surface area contributed by atoms with Crippen molar-refractivity contribution >= 4 is 34.1 Å². The zero-order chi connectivity index (χ0) is 17.8. The first kappa shape index (κ1) is 17.0. The Kier molecular flexibility index (Phi) is 5.03. The molecule has 1 heterocycles. The van der Waals surface area contributed by atoms with Crippen LogP contribution in [-0.4, -0.2) is 31.2 Å². The number of rotatable bonds is 5. The molecule has 0 fully saturated rings. The van der Waals surface area contributed by atoms with Gasteiger partial charge in [-0.25, -0.2) is 0 Å². The largest absolute Gasteiger partial charge is 0.383 e. The number of methoxy groups -OCH3 is 1. The standard InChI is InChI=1S/C19H16ClN3O2/c1-25-10-9-23(15-7-5-13(12-21)6-8-15)19(24)17-11-14-3-2-4-16(20)18(14)22-17/h2-8,11,22H,9-10H2,1H3. The molecule has 0 saturated carbocycles. The predicted molar refractivity (Wildman–Crippen MR) is 98.0 cm³/mol. The molecule has 0 aliphatic rings. The third-order valence-electron chi connectivity index (χ3n) is 3.91. The number of H-pyrrole nitrogens is 1. The van der Waals surface area contributed by atoms with Gasteiger partial charge in [-0.1, -0.05) is 23.7 Å². The number of aromatic amines is 1. The molecule has 126 valence electrons. The predicted octanol–water partition coefficient (Wildman–Crippen LogP) is 3.99. The van der Waals surface area contributed by atoms with Crippen molar-refractivity contribution in [1.82, 2.24) is 4.98 Å². The van der Waals surface area contributed by atoms with Gasteiger partial charge in [0.2, 0.25) is 0 Å². The van der Waals surface area contributed by atoms with Crippen LogP contribution in [0.4, 0.5) is 5.69 Å². The van der Waals surface area contributed by atoms with E-state index >= 15 is 0 Å². The summed E-state index contributed by atoms with van der Waals surface area (Å²) >= 11 is 6.18. The Morgan fingerprint density at radius 2 is 2.04 bits per heavy atom. The van der Waals surface area contributed by atoms with Crippen LogP contribution in [0, 0.1) is 11.3 Å². The number of halogens is 1. The summed E-state index contributed by atoms with van der Waals surface area (Å²) in [5.41, 5.74) is 2.42. The molecule has 0 aliphatic heterocycles. The van der Waals surface area contributed by atoms with E-state index in [1.807, 2.05) is 12.1 Å². The van der Waals surface area contributed by atoms with Gasteiger partial charge in [0, 0.05) is 24.7 Å². The maximum absolute atomic E-state index is 13.0. The van der Waals surface area contributed by atoms with Gasteiger partial charge in [-0.15, -0.1) is 0 Å². The van der Waals surface area contributed by atoms with E-state index in [1.165, 1.54) is 0 Å². The first-order chi connectivity index (χ1) is 12.1. The molecule has 1 aromatic heterocycles. The highest BCUT2D eigenvalue weighted by molar-refractivity contribution is 6.35. The minimum absolute atomic E-state index is 0.186. The second-order valence-electron chi connectivity index (χ2n) is 5.50. The fourth-order valence-corrected chi connectivity index (χ4v) is 2.86. The number of nitrogens with zero attached hydrogens (tertiary/aromatic N) is 2. The lowest BCUT2D eigenvalue weighted by atomic mass is 10.2. The van der Waals surface area contributed by atoms with Gasteiger partial charge in [-0.3, -0.25) is 4.79 Å². The monoisotopic (exact) mass is 353 g/mol. The van der Waals surface area contributed by atoms with E-state index in [0.717, 1.165) is 10.9 Å². The van der Waals surface area contributed by atoms with Crippen molar-refractivity contribution < 1.29 is 9.53 Å². The number of carbonyl (C=O) groups is 1. The second-order valence-corrected chi connectivity index (χ2v) is 5.90. The number of fused-ring (bicyclic) bond motifs is 1. The number of ether oxygens (including phenoxy) is 1. The summed E-state index contributed by atoms with van der Waals surface area (Å²) in [6.07, 6.45) is 0. The Morgan fingerprint density at radius 3 is 2.68 bits per heavy atom. The number of nitriles is 1. The fourth-order valence-electron chi connectivity index (χ4n) is 2.63. The Labute approximate surface area is 150 Å². The van der Waals surface area contributed by atoms with Gasteiger partial charge in [0.05, 0.1) is 28.8 Å². The van der Waals surface area contributed by atoms with E-state index in [0.29, 0.717) is 35.1 Å². The molecule has 0 spiro atoms. The molecule has 0 aliphatic carbocycles. The van der Waals surface area contributed by atoms with Crippen LogP contribution in [0.2, 0.25) is 5.02 Å². The Bertz CT molecular complexity index is 941. The molecule has 3 aromatic rings. The first-order valence-electron chi connectivity index (χ1n) is 7.72. The minimum Gasteiger partial charge on any atom is -0.383 e. The summed E-state index contributed by atoms with van der Waals surface area (Å²) in [5.74, 6) is -0.186. The van der Waals surface area contributed by atoms with Crippen LogP contribution >= 0.6 is 11.6 Å². The molecule has 1 N–H and O–H groups in total. The van der Waals surface area contributed by atoms with Gasteiger partial charge >= 0.3 is 0 Å². The second kappa shape index (κ2) is 7.39. The smallest absolute Gasteiger partial charge is 0.274 e. The third kappa shape index (κ3) is 3.50. The molecule has 2 aromatic carbocycles. The zero-order valence-electron chi connectivity index (χ0n) is 13.6. The van der Waals surface area contributed by atoms with E-state index in [4.69, 9.17) is 21.6 Å². The van der Waals surface area contributed by atoms with Crippen molar-refractivity contribution in [3.05, 3.63) is 64.8 Å². The van der Waals surface area contributed by atoms with Crippen molar-refractivity contribution in [2.75, 3.05) is 25.2 Å². The van der Waals surface area contributed by atoms with E-state index < -0.39 is 0 Å². The van der Waals surface area contributed by atoms with Gasteiger partial charge < -0.3 is 14.6 Å². The molecule has 0 saturated heterocycles. The maximum atomic E-state index is 13.0. The van der Waals surface area contributed by atoms with E-state index in [1.54, 1.807) is 48.4 Å². The van der Waals surface area contributed by atoms with Gasteiger partial charge in [0.25, 0.3) is 5.91 Å².